The van der Waals surface area contributed by atoms with Crippen LogP contribution in [0.2, 0.25) is 0 Å². The summed E-state index contributed by atoms with van der Waals surface area (Å²) in [4.78, 5) is 15.5. The van der Waals surface area contributed by atoms with Crippen LogP contribution in [-0.2, 0) is 0 Å². The van der Waals surface area contributed by atoms with E-state index in [1.807, 2.05) is 19.9 Å². The Bertz CT molecular complexity index is 452. The lowest BCUT2D eigenvalue weighted by atomic mass is 9.72. The molecular formula is C17H29N5. The number of hydrogen-bond acceptors (Lipinski definition) is 3. The average molecular weight is 303 g/mol. The Morgan fingerprint density at radius 2 is 1.95 bits per heavy atom. The summed E-state index contributed by atoms with van der Waals surface area (Å²) in [6, 6.07) is 0.177. The van der Waals surface area contributed by atoms with Gasteiger partial charge in [0.15, 0.2) is 0 Å². The Labute approximate surface area is 134 Å². The quantitative estimate of drug-likeness (QED) is 0.481. The molecule has 2 aliphatic rings. The molecule has 2 rings (SSSR count). The molecule has 1 spiro atoms. The molecule has 5 heteroatoms. The number of likely N-dealkylation sites (tertiary alicyclic amines) is 1. The Kier molecular flexibility index (Phi) is 5.89. The first-order valence-corrected chi connectivity index (χ1v) is 8.24. The first kappa shape index (κ1) is 16.9. The van der Waals surface area contributed by atoms with Gasteiger partial charge in [-0.15, -0.1) is 0 Å². The van der Waals surface area contributed by atoms with Gasteiger partial charge in [0.2, 0.25) is 0 Å². The summed E-state index contributed by atoms with van der Waals surface area (Å²) in [5.74, 6) is 0.996. The third-order valence-corrected chi connectivity index (χ3v) is 4.65. The third-order valence-electron chi connectivity index (χ3n) is 4.65. The fourth-order valence-electron chi connectivity index (χ4n) is 3.26. The predicted molar refractivity (Wildman–Crippen MR) is 95.3 cm³/mol. The molecule has 0 aromatic rings. The van der Waals surface area contributed by atoms with E-state index in [4.69, 9.17) is 0 Å². The van der Waals surface area contributed by atoms with Crippen molar-refractivity contribution < 1.29 is 0 Å². The van der Waals surface area contributed by atoms with Gasteiger partial charge in [-0.05, 0) is 53.4 Å². The second kappa shape index (κ2) is 7.68. The molecule has 0 radical (unpaired) electrons. The van der Waals surface area contributed by atoms with Gasteiger partial charge >= 0.3 is 0 Å². The molecule has 2 saturated heterocycles. The zero-order valence-electron chi connectivity index (χ0n) is 14.1. The van der Waals surface area contributed by atoms with Crippen molar-refractivity contribution >= 4 is 18.9 Å². The minimum Gasteiger partial charge on any atom is -0.357 e. The van der Waals surface area contributed by atoms with E-state index in [1.165, 1.54) is 12.8 Å². The van der Waals surface area contributed by atoms with Crippen molar-refractivity contribution in [3.05, 3.63) is 12.2 Å². The van der Waals surface area contributed by atoms with Crippen LogP contribution in [0.3, 0.4) is 0 Å². The molecule has 0 amide bonds. The fraction of sp³-hybridized carbons (Fsp3) is 0.706. The van der Waals surface area contributed by atoms with Crippen molar-refractivity contribution in [2.45, 2.75) is 45.7 Å². The smallest absolute Gasteiger partial charge is 0.131 e. The first-order valence-electron chi connectivity index (χ1n) is 8.24. The highest BCUT2D eigenvalue weighted by Gasteiger charge is 2.45. The summed E-state index contributed by atoms with van der Waals surface area (Å²) in [5, 5.41) is 3.44. The van der Waals surface area contributed by atoms with E-state index < -0.39 is 0 Å². The highest BCUT2D eigenvalue weighted by atomic mass is 15.3. The summed E-state index contributed by atoms with van der Waals surface area (Å²) < 4.78 is 0. The molecule has 2 atom stereocenters. The zero-order valence-corrected chi connectivity index (χ0v) is 14.1. The summed E-state index contributed by atoms with van der Waals surface area (Å²) in [6.07, 6.45) is 8.26. The molecule has 5 nitrogen and oxygen atoms in total. The summed E-state index contributed by atoms with van der Waals surface area (Å²) >= 11 is 0. The summed E-state index contributed by atoms with van der Waals surface area (Å²) in [6.45, 7) is 14.2. The number of amidine groups is 1. The lowest BCUT2D eigenvalue weighted by Crippen LogP contribution is -2.62. The van der Waals surface area contributed by atoms with Gasteiger partial charge in [0.05, 0.1) is 6.04 Å². The first-order chi connectivity index (χ1) is 10.6. The van der Waals surface area contributed by atoms with Crippen molar-refractivity contribution in [2.24, 2.45) is 20.4 Å². The number of nitrogens with one attached hydrogen (secondary N) is 1. The van der Waals surface area contributed by atoms with Crippen LogP contribution >= 0.6 is 0 Å². The van der Waals surface area contributed by atoms with Crippen LogP contribution in [0.15, 0.2) is 27.1 Å². The minimum atomic E-state index is 0.0162. The van der Waals surface area contributed by atoms with Crippen LogP contribution in [0, 0.1) is 5.41 Å². The van der Waals surface area contributed by atoms with E-state index in [9.17, 15) is 0 Å². The molecule has 0 bridgehead atoms. The van der Waals surface area contributed by atoms with Crippen LogP contribution in [0.4, 0.5) is 0 Å². The predicted octanol–water partition coefficient (Wildman–Crippen LogP) is 2.15. The second-order valence-corrected chi connectivity index (χ2v) is 6.48. The molecule has 22 heavy (non-hydrogen) atoms. The maximum atomic E-state index is 4.58. The standard InChI is InChI=1S/C17H29N5/c1-5-6-14(2)20-13-21-16(15(3)18-4)22-11-17(12-22)7-9-19-10-8-17/h5-6,13-15,19H,4,7-12H2,1-3H3/b6-5-,20-13?,21-16?. The highest BCUT2D eigenvalue weighted by molar-refractivity contribution is 5.93. The normalized spacial score (nSPS) is 24.7. The summed E-state index contributed by atoms with van der Waals surface area (Å²) in [7, 11) is 0. The molecule has 2 heterocycles. The van der Waals surface area contributed by atoms with Crippen molar-refractivity contribution in [2.75, 3.05) is 26.2 Å². The van der Waals surface area contributed by atoms with Crippen molar-refractivity contribution in [1.29, 1.82) is 0 Å². The number of piperidine rings is 1. The van der Waals surface area contributed by atoms with Gasteiger partial charge in [0.25, 0.3) is 0 Å². The van der Waals surface area contributed by atoms with Gasteiger partial charge in [0.1, 0.15) is 18.2 Å². The Morgan fingerprint density at radius 1 is 1.27 bits per heavy atom. The molecule has 1 N–H and O–H groups in total. The van der Waals surface area contributed by atoms with Gasteiger partial charge in [-0.1, -0.05) is 12.2 Å². The van der Waals surface area contributed by atoms with Gasteiger partial charge in [0, 0.05) is 18.5 Å². The summed E-state index contributed by atoms with van der Waals surface area (Å²) in [5.41, 5.74) is 0.488. The van der Waals surface area contributed by atoms with Crippen molar-refractivity contribution in [1.82, 2.24) is 10.2 Å². The van der Waals surface area contributed by atoms with E-state index in [0.717, 1.165) is 32.0 Å². The highest BCUT2D eigenvalue weighted by Crippen LogP contribution is 2.39. The lowest BCUT2D eigenvalue weighted by Gasteiger charge is -2.54. The Hall–Kier alpha value is -1.49. The fourth-order valence-corrected chi connectivity index (χ4v) is 3.26. The Morgan fingerprint density at radius 3 is 2.55 bits per heavy atom. The van der Waals surface area contributed by atoms with Crippen LogP contribution in [0.25, 0.3) is 0 Å². The van der Waals surface area contributed by atoms with E-state index in [0.29, 0.717) is 5.41 Å². The van der Waals surface area contributed by atoms with Gasteiger partial charge in [-0.25, -0.2) is 4.99 Å². The number of nitrogens with zero attached hydrogens (tertiary/aromatic N) is 4. The van der Waals surface area contributed by atoms with Gasteiger partial charge < -0.3 is 10.2 Å². The molecule has 122 valence electrons. The lowest BCUT2D eigenvalue weighted by molar-refractivity contribution is 0.0256. The minimum absolute atomic E-state index is 0.0162. The molecule has 2 aliphatic heterocycles. The maximum absolute atomic E-state index is 4.58. The number of hydrogen-bond donors (Lipinski definition) is 1. The van der Waals surface area contributed by atoms with Gasteiger partial charge in [-0.2, -0.15) is 0 Å². The molecule has 2 fully saturated rings. The number of allylic oxidation sites excluding steroid dienone is 1. The monoisotopic (exact) mass is 303 g/mol. The zero-order chi connectivity index (χ0) is 16.0. The molecule has 2 unspecified atom stereocenters. The topological polar surface area (TPSA) is 52.4 Å². The van der Waals surface area contributed by atoms with Gasteiger partial charge in [-0.3, -0.25) is 9.98 Å². The van der Waals surface area contributed by atoms with E-state index in [-0.39, 0.29) is 12.1 Å². The Balaban J connectivity index is 2.00. The van der Waals surface area contributed by atoms with Crippen LogP contribution < -0.4 is 5.32 Å². The van der Waals surface area contributed by atoms with Crippen LogP contribution in [-0.4, -0.2) is 62.1 Å². The van der Waals surface area contributed by atoms with Crippen LogP contribution in [0.5, 0.6) is 0 Å². The van der Waals surface area contributed by atoms with Crippen LogP contribution in [0.1, 0.15) is 33.6 Å². The van der Waals surface area contributed by atoms with E-state index >= 15 is 0 Å². The largest absolute Gasteiger partial charge is 0.357 e. The molecule has 0 aliphatic carbocycles. The molecule has 0 aromatic heterocycles. The van der Waals surface area contributed by atoms with Crippen molar-refractivity contribution in [3.8, 4) is 0 Å². The average Bonchev–Trinajstić information content (AvgIpc) is 2.50. The number of rotatable bonds is 5. The second-order valence-electron chi connectivity index (χ2n) is 6.48. The van der Waals surface area contributed by atoms with E-state index in [1.54, 1.807) is 6.34 Å². The molecule has 0 aromatic carbocycles. The molecular weight excluding hydrogens is 274 g/mol. The van der Waals surface area contributed by atoms with E-state index in [2.05, 4.69) is 44.9 Å². The van der Waals surface area contributed by atoms with Crippen molar-refractivity contribution in [3.63, 3.8) is 0 Å². The third kappa shape index (κ3) is 4.03. The molecule has 0 saturated carbocycles. The SMILES string of the molecule is C=NC(C)C(=NC=NC(C)/C=C\C)N1CC2(CCNCC2)C1. The number of aliphatic imine (C=N–C) groups is 3. The maximum Gasteiger partial charge on any atom is 0.131 e.